The molecule has 126 valence electrons. The lowest BCUT2D eigenvalue weighted by atomic mass is 10.3. The van der Waals surface area contributed by atoms with Crippen LogP contribution < -0.4 is 20.7 Å². The first-order valence-corrected chi connectivity index (χ1v) is 10.4. The Morgan fingerprint density at radius 3 is 1.60 bits per heavy atom. The lowest BCUT2D eigenvalue weighted by Gasteiger charge is -2.26. The lowest BCUT2D eigenvalue weighted by molar-refractivity contribution is -0.131. The fourth-order valence-electron chi connectivity index (χ4n) is 3.29. The van der Waals surface area contributed by atoms with Gasteiger partial charge in [-0.05, 0) is 55.5 Å². The Morgan fingerprint density at radius 1 is 0.760 bits per heavy atom. The van der Waals surface area contributed by atoms with E-state index in [1.54, 1.807) is 0 Å². The topological polar surface area (TPSA) is 26.3 Å². The van der Waals surface area contributed by atoms with Gasteiger partial charge in [0, 0.05) is 6.92 Å². The molecule has 0 aliphatic rings. The van der Waals surface area contributed by atoms with E-state index in [1.807, 2.05) is 12.1 Å². The molecule has 0 heterocycles. The fourth-order valence-corrected chi connectivity index (χ4v) is 7.30. The highest BCUT2D eigenvalue weighted by atomic mass is 31.2. The van der Waals surface area contributed by atoms with Crippen molar-refractivity contribution in [2.45, 2.75) is 13.8 Å². The quantitative estimate of drug-likeness (QED) is 0.396. The molecular formula is C22H22O2P+. The van der Waals surface area contributed by atoms with Gasteiger partial charge < -0.3 is 4.74 Å². The Kier molecular flexibility index (Phi) is 5.31. The summed E-state index contributed by atoms with van der Waals surface area (Å²) >= 11 is 0. The highest BCUT2D eigenvalue weighted by Gasteiger charge is 2.43. The van der Waals surface area contributed by atoms with E-state index in [1.165, 1.54) is 22.8 Å². The summed E-state index contributed by atoms with van der Waals surface area (Å²) in [6.45, 7) is 3.68. The Labute approximate surface area is 149 Å². The van der Waals surface area contributed by atoms with E-state index in [0.717, 1.165) is 6.16 Å². The number of hydrogen-bond donors (Lipinski definition) is 0. The van der Waals surface area contributed by atoms with Crippen LogP contribution >= 0.6 is 7.26 Å². The standard InChI is InChI=1S/C22H22O2P/c1-3-25(20-10-6-4-7-11-20,21-12-8-5-9-13-21)22-16-14-19(15-17-22)24-18(2)23/h4-17H,3H2,1-2H3/q+1. The average Bonchev–Trinajstić information content (AvgIpc) is 2.65. The molecule has 0 unspecified atom stereocenters. The van der Waals surface area contributed by atoms with Gasteiger partial charge in [0.15, 0.2) is 0 Å². The number of esters is 1. The van der Waals surface area contributed by atoms with E-state index < -0.39 is 7.26 Å². The zero-order chi connectivity index (χ0) is 17.7. The predicted octanol–water partition coefficient (Wildman–Crippen LogP) is 3.93. The molecule has 0 atom stereocenters. The summed E-state index contributed by atoms with van der Waals surface area (Å²) in [6, 6.07) is 29.5. The van der Waals surface area contributed by atoms with Crippen molar-refractivity contribution in [2.75, 3.05) is 6.16 Å². The predicted molar refractivity (Wildman–Crippen MR) is 107 cm³/mol. The van der Waals surface area contributed by atoms with Crippen molar-refractivity contribution in [2.24, 2.45) is 0 Å². The molecule has 0 amide bonds. The second kappa shape index (κ2) is 7.63. The summed E-state index contributed by atoms with van der Waals surface area (Å²) in [5.41, 5.74) is 0. The second-order valence-electron chi connectivity index (χ2n) is 5.88. The van der Waals surface area contributed by atoms with Crippen LogP contribution in [0.2, 0.25) is 0 Å². The van der Waals surface area contributed by atoms with Gasteiger partial charge in [-0.3, -0.25) is 4.79 Å². The first-order valence-electron chi connectivity index (χ1n) is 8.45. The summed E-state index contributed by atoms with van der Waals surface area (Å²) < 4.78 is 5.20. The Bertz CT molecular complexity index is 787. The van der Waals surface area contributed by atoms with Crippen molar-refractivity contribution >= 4 is 29.1 Å². The number of carbonyl (C=O) groups is 1. The van der Waals surface area contributed by atoms with E-state index in [0.29, 0.717) is 5.75 Å². The fraction of sp³-hybridized carbons (Fsp3) is 0.136. The molecule has 0 aromatic heterocycles. The number of hydrogen-bond acceptors (Lipinski definition) is 2. The van der Waals surface area contributed by atoms with Crippen molar-refractivity contribution in [3.8, 4) is 5.75 Å². The molecule has 0 aliphatic carbocycles. The van der Waals surface area contributed by atoms with Crippen LogP contribution in [0.5, 0.6) is 5.75 Å². The zero-order valence-electron chi connectivity index (χ0n) is 14.6. The van der Waals surface area contributed by atoms with E-state index >= 15 is 0 Å². The molecule has 2 nitrogen and oxygen atoms in total. The Morgan fingerprint density at radius 2 is 1.20 bits per heavy atom. The van der Waals surface area contributed by atoms with Crippen LogP contribution in [0, 0.1) is 0 Å². The lowest BCUT2D eigenvalue weighted by Crippen LogP contribution is -2.32. The van der Waals surface area contributed by atoms with Crippen LogP contribution in [-0.2, 0) is 4.79 Å². The minimum absolute atomic E-state index is 0.296. The molecule has 3 aromatic rings. The van der Waals surface area contributed by atoms with Crippen molar-refractivity contribution in [3.63, 3.8) is 0 Å². The summed E-state index contributed by atoms with van der Waals surface area (Å²) in [5.74, 6) is 0.294. The molecule has 3 aromatic carbocycles. The number of rotatable bonds is 5. The third kappa shape index (κ3) is 3.50. The van der Waals surface area contributed by atoms with Gasteiger partial charge in [-0.2, -0.15) is 0 Å². The van der Waals surface area contributed by atoms with Crippen LogP contribution in [0.3, 0.4) is 0 Å². The van der Waals surface area contributed by atoms with Crippen LogP contribution in [0.15, 0.2) is 84.9 Å². The normalized spacial score (nSPS) is 11.1. The maximum absolute atomic E-state index is 11.2. The first-order chi connectivity index (χ1) is 12.2. The van der Waals surface area contributed by atoms with Crippen LogP contribution in [0.25, 0.3) is 0 Å². The third-order valence-electron chi connectivity index (χ3n) is 4.41. The van der Waals surface area contributed by atoms with E-state index in [4.69, 9.17) is 4.74 Å². The summed E-state index contributed by atoms with van der Waals surface area (Å²) in [4.78, 5) is 11.2. The smallest absolute Gasteiger partial charge is 0.308 e. The van der Waals surface area contributed by atoms with Crippen molar-refractivity contribution < 1.29 is 9.53 Å². The molecule has 25 heavy (non-hydrogen) atoms. The van der Waals surface area contributed by atoms with Crippen molar-refractivity contribution in [1.29, 1.82) is 0 Å². The molecule has 3 heteroatoms. The number of carbonyl (C=O) groups excluding carboxylic acids is 1. The van der Waals surface area contributed by atoms with Gasteiger partial charge in [-0.25, -0.2) is 0 Å². The van der Waals surface area contributed by atoms with Gasteiger partial charge in [-0.1, -0.05) is 36.4 Å². The molecule has 0 radical (unpaired) electrons. The summed E-state index contributed by atoms with van der Waals surface area (Å²) in [6.07, 6.45) is 1.04. The Balaban J connectivity index is 2.16. The van der Waals surface area contributed by atoms with Gasteiger partial charge >= 0.3 is 5.97 Å². The van der Waals surface area contributed by atoms with Crippen molar-refractivity contribution in [3.05, 3.63) is 84.9 Å². The van der Waals surface area contributed by atoms with Crippen LogP contribution in [-0.4, -0.2) is 12.1 Å². The van der Waals surface area contributed by atoms with E-state index in [9.17, 15) is 4.79 Å². The van der Waals surface area contributed by atoms with E-state index in [2.05, 4.69) is 79.7 Å². The molecule has 0 spiro atoms. The van der Waals surface area contributed by atoms with Crippen molar-refractivity contribution in [1.82, 2.24) is 0 Å². The number of benzene rings is 3. The van der Waals surface area contributed by atoms with Crippen LogP contribution in [0.4, 0.5) is 0 Å². The minimum Gasteiger partial charge on any atom is -0.427 e. The number of ether oxygens (including phenoxy) is 1. The largest absolute Gasteiger partial charge is 0.427 e. The molecule has 0 saturated carbocycles. The van der Waals surface area contributed by atoms with E-state index in [-0.39, 0.29) is 5.97 Å². The molecule has 0 fully saturated rings. The maximum atomic E-state index is 11.2. The Hall–Kier alpha value is -2.44. The van der Waals surface area contributed by atoms with Gasteiger partial charge in [0.25, 0.3) is 0 Å². The van der Waals surface area contributed by atoms with Gasteiger partial charge in [-0.15, -0.1) is 0 Å². The second-order valence-corrected chi connectivity index (χ2v) is 9.69. The van der Waals surface area contributed by atoms with Crippen LogP contribution in [0.1, 0.15) is 13.8 Å². The van der Waals surface area contributed by atoms with Gasteiger partial charge in [0.1, 0.15) is 28.9 Å². The SMILES string of the molecule is CC[P+](c1ccccc1)(c1ccccc1)c1ccc(OC(C)=O)cc1. The highest BCUT2D eigenvalue weighted by Crippen LogP contribution is 2.54. The summed E-state index contributed by atoms with van der Waals surface area (Å²) in [5, 5.41) is 4.02. The minimum atomic E-state index is -1.73. The molecule has 0 saturated heterocycles. The molecular weight excluding hydrogens is 327 g/mol. The molecule has 3 rings (SSSR count). The highest BCUT2D eigenvalue weighted by molar-refractivity contribution is 7.95. The third-order valence-corrected chi connectivity index (χ3v) is 8.90. The first kappa shape index (κ1) is 17.4. The van der Waals surface area contributed by atoms with Gasteiger partial charge in [0.05, 0.1) is 6.16 Å². The summed E-state index contributed by atoms with van der Waals surface area (Å²) in [7, 11) is -1.73. The monoisotopic (exact) mass is 349 g/mol. The maximum Gasteiger partial charge on any atom is 0.308 e. The van der Waals surface area contributed by atoms with Gasteiger partial charge in [0.2, 0.25) is 0 Å². The molecule has 0 bridgehead atoms. The zero-order valence-corrected chi connectivity index (χ0v) is 15.4. The molecule has 0 N–H and O–H groups in total. The molecule has 0 aliphatic heterocycles. The average molecular weight is 349 g/mol.